The number of hydrogen-bond acceptors (Lipinski definition) is 0. The highest BCUT2D eigenvalue weighted by Crippen LogP contribution is 2.38. The Kier molecular flexibility index (Phi) is 2.95. The molecular formula is C20H24N. The molecule has 1 N–H and O–H groups in total. The highest BCUT2D eigenvalue weighted by atomic mass is 14.7. The second-order valence-corrected chi connectivity index (χ2v) is 8.02. The summed E-state index contributed by atoms with van der Waals surface area (Å²) in [4.78, 5) is 3.51. The van der Waals surface area contributed by atoms with Crippen molar-refractivity contribution in [2.75, 3.05) is 0 Å². The van der Waals surface area contributed by atoms with Gasteiger partial charge in [-0.15, -0.1) is 0 Å². The average molecular weight is 278 g/mol. The lowest BCUT2D eigenvalue weighted by molar-refractivity contribution is 0.530. The summed E-state index contributed by atoms with van der Waals surface area (Å²) in [5.41, 5.74) is 5.23. The number of nitrogens with one attached hydrogen (secondary N) is 1. The number of rotatable bonds is 0. The fourth-order valence-corrected chi connectivity index (χ4v) is 3.00. The van der Waals surface area contributed by atoms with Gasteiger partial charge in [-0.2, -0.15) is 0 Å². The van der Waals surface area contributed by atoms with E-state index in [0.717, 1.165) is 5.52 Å². The molecule has 1 heteroatoms. The van der Waals surface area contributed by atoms with Gasteiger partial charge >= 0.3 is 0 Å². The Labute approximate surface area is 127 Å². The number of benzene rings is 2. The smallest absolute Gasteiger partial charge is 0.0548 e. The predicted molar refractivity (Wildman–Crippen MR) is 92.0 cm³/mol. The molecule has 1 radical (unpaired) electrons. The van der Waals surface area contributed by atoms with Crippen LogP contribution in [0.25, 0.3) is 21.8 Å². The van der Waals surface area contributed by atoms with Gasteiger partial charge in [0.05, 0.1) is 5.52 Å². The van der Waals surface area contributed by atoms with Crippen LogP contribution in [0.4, 0.5) is 0 Å². The first-order valence-electron chi connectivity index (χ1n) is 7.65. The van der Waals surface area contributed by atoms with E-state index in [2.05, 4.69) is 82.9 Å². The Morgan fingerprint density at radius 3 is 2.14 bits per heavy atom. The molecule has 0 aliphatic carbocycles. The summed E-state index contributed by atoms with van der Waals surface area (Å²) in [5, 5.41) is 2.57. The van der Waals surface area contributed by atoms with E-state index in [-0.39, 0.29) is 10.8 Å². The van der Waals surface area contributed by atoms with Crippen LogP contribution in [0.1, 0.15) is 52.7 Å². The monoisotopic (exact) mass is 278 g/mol. The molecule has 0 atom stereocenters. The lowest BCUT2D eigenvalue weighted by Crippen LogP contribution is -2.22. The first-order chi connectivity index (χ1) is 9.68. The van der Waals surface area contributed by atoms with Crippen molar-refractivity contribution in [1.82, 2.24) is 4.98 Å². The largest absolute Gasteiger partial charge is 0.354 e. The SMILES string of the molecule is CC(C)(C)c1[c]c2[nH]c3ccccc3c2cc1C(C)(C)C. The second kappa shape index (κ2) is 4.37. The second-order valence-electron chi connectivity index (χ2n) is 8.02. The van der Waals surface area contributed by atoms with E-state index in [0.29, 0.717) is 0 Å². The molecule has 0 bridgehead atoms. The summed E-state index contributed by atoms with van der Waals surface area (Å²) >= 11 is 0. The minimum absolute atomic E-state index is 0.0914. The zero-order chi connectivity index (χ0) is 15.4. The van der Waals surface area contributed by atoms with Gasteiger partial charge in [0.2, 0.25) is 0 Å². The van der Waals surface area contributed by atoms with Gasteiger partial charge in [-0.05, 0) is 34.1 Å². The molecule has 0 unspecified atom stereocenters. The predicted octanol–water partition coefficient (Wildman–Crippen LogP) is 5.72. The van der Waals surface area contributed by atoms with Gasteiger partial charge in [-0.1, -0.05) is 59.7 Å². The first kappa shape index (κ1) is 14.2. The number of hydrogen-bond donors (Lipinski definition) is 1. The van der Waals surface area contributed by atoms with Gasteiger partial charge in [0, 0.05) is 22.4 Å². The number of aromatic amines is 1. The van der Waals surface area contributed by atoms with E-state index in [1.54, 1.807) is 0 Å². The van der Waals surface area contributed by atoms with Crippen LogP contribution in [0.3, 0.4) is 0 Å². The maximum absolute atomic E-state index is 3.68. The van der Waals surface area contributed by atoms with Gasteiger partial charge < -0.3 is 4.98 Å². The van der Waals surface area contributed by atoms with E-state index in [1.165, 1.54) is 27.4 Å². The summed E-state index contributed by atoms with van der Waals surface area (Å²) in [7, 11) is 0. The van der Waals surface area contributed by atoms with Crippen LogP contribution in [0.15, 0.2) is 30.3 Å². The fourth-order valence-electron chi connectivity index (χ4n) is 3.00. The van der Waals surface area contributed by atoms with Crippen LogP contribution >= 0.6 is 0 Å². The van der Waals surface area contributed by atoms with Gasteiger partial charge in [0.1, 0.15) is 0 Å². The molecule has 2 aromatic carbocycles. The van der Waals surface area contributed by atoms with Crippen LogP contribution < -0.4 is 0 Å². The minimum atomic E-state index is 0.0914. The Balaban J connectivity index is 2.44. The molecule has 0 saturated carbocycles. The first-order valence-corrected chi connectivity index (χ1v) is 7.65. The molecule has 1 aromatic heterocycles. The van der Waals surface area contributed by atoms with E-state index in [4.69, 9.17) is 0 Å². The molecule has 0 amide bonds. The molecule has 0 aliphatic rings. The molecule has 21 heavy (non-hydrogen) atoms. The normalized spacial score (nSPS) is 13.2. The third kappa shape index (κ3) is 2.35. The highest BCUT2D eigenvalue weighted by Gasteiger charge is 2.26. The maximum atomic E-state index is 3.68. The van der Waals surface area contributed by atoms with Crippen molar-refractivity contribution in [3.05, 3.63) is 47.5 Å². The van der Waals surface area contributed by atoms with E-state index >= 15 is 0 Å². The molecule has 3 aromatic rings. The average Bonchev–Trinajstić information content (AvgIpc) is 2.73. The molecule has 0 aliphatic heterocycles. The molecule has 1 nitrogen and oxygen atoms in total. The van der Waals surface area contributed by atoms with Crippen LogP contribution in [-0.4, -0.2) is 4.98 Å². The van der Waals surface area contributed by atoms with Gasteiger partial charge in [-0.25, -0.2) is 0 Å². The zero-order valence-corrected chi connectivity index (χ0v) is 13.9. The Hall–Kier alpha value is -1.76. The van der Waals surface area contributed by atoms with Crippen LogP contribution in [0.2, 0.25) is 0 Å². The van der Waals surface area contributed by atoms with E-state index in [1.807, 2.05) is 0 Å². The molecule has 0 spiro atoms. The van der Waals surface area contributed by atoms with Crippen molar-refractivity contribution < 1.29 is 0 Å². The topological polar surface area (TPSA) is 15.8 Å². The van der Waals surface area contributed by atoms with Crippen LogP contribution in [-0.2, 0) is 10.8 Å². The number of para-hydroxylation sites is 1. The summed E-state index contributed by atoms with van der Waals surface area (Å²) in [5.74, 6) is 0. The van der Waals surface area contributed by atoms with E-state index < -0.39 is 0 Å². The summed E-state index contributed by atoms with van der Waals surface area (Å²) in [6.07, 6.45) is 0. The third-order valence-corrected chi connectivity index (χ3v) is 4.11. The summed E-state index contributed by atoms with van der Waals surface area (Å²) in [6.45, 7) is 13.7. The fraction of sp³-hybridized carbons (Fsp3) is 0.400. The molecule has 1 heterocycles. The zero-order valence-electron chi connectivity index (χ0n) is 13.9. The van der Waals surface area contributed by atoms with Crippen molar-refractivity contribution in [1.29, 1.82) is 0 Å². The molecule has 0 saturated heterocycles. The maximum Gasteiger partial charge on any atom is 0.0548 e. The van der Waals surface area contributed by atoms with Gasteiger partial charge in [-0.3, -0.25) is 0 Å². The Bertz CT molecular complexity index is 807. The highest BCUT2D eigenvalue weighted by molar-refractivity contribution is 6.07. The summed E-state index contributed by atoms with van der Waals surface area (Å²) in [6, 6.07) is 14.5. The third-order valence-electron chi connectivity index (χ3n) is 4.11. The van der Waals surface area contributed by atoms with Crippen LogP contribution in [0, 0.1) is 6.07 Å². The quantitative estimate of drug-likeness (QED) is 0.541. The standard InChI is InChI=1S/C20H24N/c1-19(2,3)15-11-14-13-9-7-8-10-17(13)21-18(14)12-16(15)20(4,5)6/h7-11,21H,1-6H3. The number of H-pyrrole nitrogens is 1. The number of aromatic nitrogens is 1. The molecular weight excluding hydrogens is 254 g/mol. The summed E-state index contributed by atoms with van der Waals surface area (Å²) < 4.78 is 0. The van der Waals surface area contributed by atoms with Crippen molar-refractivity contribution in [3.8, 4) is 0 Å². The van der Waals surface area contributed by atoms with Crippen molar-refractivity contribution in [2.24, 2.45) is 0 Å². The lowest BCUT2D eigenvalue weighted by atomic mass is 9.75. The van der Waals surface area contributed by atoms with E-state index in [9.17, 15) is 0 Å². The van der Waals surface area contributed by atoms with Crippen molar-refractivity contribution in [2.45, 2.75) is 52.4 Å². The lowest BCUT2D eigenvalue weighted by Gasteiger charge is -2.30. The molecule has 0 fully saturated rings. The Morgan fingerprint density at radius 2 is 1.52 bits per heavy atom. The molecule has 3 rings (SSSR count). The molecule has 109 valence electrons. The van der Waals surface area contributed by atoms with Gasteiger partial charge in [0.25, 0.3) is 0 Å². The van der Waals surface area contributed by atoms with Gasteiger partial charge in [0.15, 0.2) is 0 Å². The number of fused-ring (bicyclic) bond motifs is 3. The van der Waals surface area contributed by atoms with Crippen molar-refractivity contribution in [3.63, 3.8) is 0 Å². The van der Waals surface area contributed by atoms with Crippen LogP contribution in [0.5, 0.6) is 0 Å². The minimum Gasteiger partial charge on any atom is -0.354 e. The van der Waals surface area contributed by atoms with Crippen molar-refractivity contribution >= 4 is 21.8 Å². The Morgan fingerprint density at radius 1 is 0.857 bits per heavy atom.